The second-order valence-electron chi connectivity index (χ2n) is 3.88. The minimum absolute atomic E-state index is 0.0930. The lowest BCUT2D eigenvalue weighted by Crippen LogP contribution is -2.62. The Labute approximate surface area is 87.2 Å². The van der Waals surface area contributed by atoms with Crippen molar-refractivity contribution in [2.75, 3.05) is 26.3 Å². The van der Waals surface area contributed by atoms with Crippen molar-refractivity contribution in [3.05, 3.63) is 0 Å². The summed E-state index contributed by atoms with van der Waals surface area (Å²) in [4.78, 5) is 24.2. The van der Waals surface area contributed by atoms with Crippen molar-refractivity contribution < 1.29 is 19.4 Å². The van der Waals surface area contributed by atoms with Gasteiger partial charge in [0, 0.05) is 26.1 Å². The van der Waals surface area contributed by atoms with Crippen LogP contribution in [0, 0.1) is 0 Å². The van der Waals surface area contributed by atoms with E-state index >= 15 is 0 Å². The molecule has 15 heavy (non-hydrogen) atoms. The number of carbonyl (C=O) groups excluding carboxylic acids is 1. The number of ether oxygens (including phenoxy) is 1. The molecule has 0 radical (unpaired) electrons. The van der Waals surface area contributed by atoms with E-state index in [-0.39, 0.29) is 12.6 Å². The van der Waals surface area contributed by atoms with E-state index in [1.807, 2.05) is 0 Å². The van der Waals surface area contributed by atoms with Crippen molar-refractivity contribution in [1.29, 1.82) is 0 Å². The molecule has 6 nitrogen and oxygen atoms in total. The van der Waals surface area contributed by atoms with Crippen molar-refractivity contribution in [3.63, 3.8) is 0 Å². The first-order valence-electron chi connectivity index (χ1n) is 5.03. The third-order valence-electron chi connectivity index (χ3n) is 3.00. The molecule has 1 atom stereocenters. The molecular weight excluding hydrogens is 200 g/mol. The van der Waals surface area contributed by atoms with Crippen LogP contribution in [-0.2, 0) is 9.53 Å². The van der Waals surface area contributed by atoms with Gasteiger partial charge in [-0.15, -0.1) is 0 Å². The standard InChI is InChI=1S/C9H14N2O4/c12-7(13)9(2-5-15-6-9)11-4-1-3-10-8(11)14/h1-6H2,(H,10,14)(H,12,13). The number of hydrogen-bond acceptors (Lipinski definition) is 3. The fourth-order valence-corrected chi connectivity index (χ4v) is 2.09. The van der Waals surface area contributed by atoms with E-state index in [0.29, 0.717) is 26.1 Å². The van der Waals surface area contributed by atoms with Crippen LogP contribution < -0.4 is 5.32 Å². The van der Waals surface area contributed by atoms with Gasteiger partial charge in [-0.05, 0) is 6.42 Å². The van der Waals surface area contributed by atoms with Crippen LogP contribution in [0.3, 0.4) is 0 Å². The SMILES string of the molecule is O=C1NCCCN1C1(C(=O)O)CCOC1. The van der Waals surface area contributed by atoms with Gasteiger partial charge >= 0.3 is 12.0 Å². The number of hydrogen-bond donors (Lipinski definition) is 2. The molecule has 2 rings (SSSR count). The van der Waals surface area contributed by atoms with Gasteiger partial charge in [0.1, 0.15) is 0 Å². The number of aliphatic carboxylic acids is 1. The normalized spacial score (nSPS) is 31.5. The van der Waals surface area contributed by atoms with E-state index in [4.69, 9.17) is 4.74 Å². The molecule has 2 amide bonds. The summed E-state index contributed by atoms with van der Waals surface area (Å²) in [5.74, 6) is -0.975. The molecule has 0 aromatic carbocycles. The second kappa shape index (κ2) is 3.69. The monoisotopic (exact) mass is 214 g/mol. The fraction of sp³-hybridized carbons (Fsp3) is 0.778. The van der Waals surface area contributed by atoms with Crippen LogP contribution in [0.5, 0.6) is 0 Å². The van der Waals surface area contributed by atoms with E-state index in [1.54, 1.807) is 0 Å². The van der Waals surface area contributed by atoms with Crippen LogP contribution in [-0.4, -0.2) is 53.8 Å². The molecule has 0 aromatic rings. The van der Waals surface area contributed by atoms with Gasteiger partial charge < -0.3 is 20.1 Å². The quantitative estimate of drug-likeness (QED) is 0.658. The van der Waals surface area contributed by atoms with E-state index in [9.17, 15) is 14.7 Å². The Bertz CT molecular complexity index is 286. The van der Waals surface area contributed by atoms with Crippen molar-refractivity contribution >= 4 is 12.0 Å². The van der Waals surface area contributed by atoms with E-state index in [0.717, 1.165) is 6.42 Å². The van der Waals surface area contributed by atoms with Crippen LogP contribution in [0.2, 0.25) is 0 Å². The molecule has 2 N–H and O–H groups in total. The number of carbonyl (C=O) groups is 2. The summed E-state index contributed by atoms with van der Waals surface area (Å²) in [6.07, 6.45) is 1.15. The third kappa shape index (κ3) is 1.54. The molecule has 2 saturated heterocycles. The summed E-state index contributed by atoms with van der Waals surface area (Å²) < 4.78 is 5.12. The van der Waals surface area contributed by atoms with Gasteiger partial charge in [-0.1, -0.05) is 0 Å². The predicted octanol–water partition coefficient (Wildman–Crippen LogP) is -0.355. The van der Waals surface area contributed by atoms with Gasteiger partial charge in [-0.3, -0.25) is 0 Å². The minimum atomic E-state index is -1.15. The molecule has 2 heterocycles. The average Bonchev–Trinajstić information content (AvgIpc) is 2.68. The van der Waals surface area contributed by atoms with Crippen LogP contribution in [0.1, 0.15) is 12.8 Å². The highest BCUT2D eigenvalue weighted by molar-refractivity contribution is 5.87. The van der Waals surface area contributed by atoms with Gasteiger partial charge in [0.25, 0.3) is 0 Å². The molecule has 0 aliphatic carbocycles. The topological polar surface area (TPSA) is 78.9 Å². The Balaban J connectivity index is 2.23. The first kappa shape index (κ1) is 10.2. The zero-order valence-electron chi connectivity index (χ0n) is 8.36. The Morgan fingerprint density at radius 3 is 2.93 bits per heavy atom. The lowest BCUT2D eigenvalue weighted by atomic mass is 9.95. The molecule has 2 fully saturated rings. The fourth-order valence-electron chi connectivity index (χ4n) is 2.09. The zero-order valence-corrected chi connectivity index (χ0v) is 8.36. The number of urea groups is 1. The summed E-state index contributed by atoms with van der Waals surface area (Å²) in [5, 5.41) is 11.9. The molecule has 84 valence electrons. The Morgan fingerprint density at radius 1 is 1.60 bits per heavy atom. The Hall–Kier alpha value is -1.30. The molecule has 2 aliphatic rings. The average molecular weight is 214 g/mol. The van der Waals surface area contributed by atoms with Gasteiger partial charge in [0.05, 0.1) is 6.61 Å². The van der Waals surface area contributed by atoms with Gasteiger partial charge in [-0.2, -0.15) is 0 Å². The zero-order chi connectivity index (χ0) is 10.9. The van der Waals surface area contributed by atoms with E-state index < -0.39 is 11.5 Å². The maximum atomic E-state index is 11.6. The van der Waals surface area contributed by atoms with E-state index in [2.05, 4.69) is 5.32 Å². The maximum absolute atomic E-state index is 11.6. The van der Waals surface area contributed by atoms with Gasteiger partial charge in [0.2, 0.25) is 0 Å². The minimum Gasteiger partial charge on any atom is -0.479 e. The summed E-state index contributed by atoms with van der Waals surface area (Å²) in [6, 6.07) is -0.297. The highest BCUT2D eigenvalue weighted by Crippen LogP contribution is 2.28. The summed E-state index contributed by atoms with van der Waals surface area (Å²) in [7, 11) is 0. The number of nitrogens with one attached hydrogen (secondary N) is 1. The number of nitrogens with zero attached hydrogens (tertiary/aromatic N) is 1. The molecule has 1 unspecified atom stereocenters. The van der Waals surface area contributed by atoms with Crippen LogP contribution >= 0.6 is 0 Å². The molecular formula is C9H14N2O4. The van der Waals surface area contributed by atoms with Crippen molar-refractivity contribution in [2.45, 2.75) is 18.4 Å². The second-order valence-corrected chi connectivity index (χ2v) is 3.88. The lowest BCUT2D eigenvalue weighted by Gasteiger charge is -2.39. The first-order valence-corrected chi connectivity index (χ1v) is 5.03. The Morgan fingerprint density at radius 2 is 2.40 bits per heavy atom. The molecule has 0 saturated carbocycles. The molecule has 0 spiro atoms. The van der Waals surface area contributed by atoms with Crippen LogP contribution in [0.25, 0.3) is 0 Å². The van der Waals surface area contributed by atoms with Gasteiger partial charge in [-0.25, -0.2) is 9.59 Å². The third-order valence-corrected chi connectivity index (χ3v) is 3.00. The van der Waals surface area contributed by atoms with Crippen molar-refractivity contribution in [2.24, 2.45) is 0 Å². The van der Waals surface area contributed by atoms with E-state index in [1.165, 1.54) is 4.90 Å². The Kier molecular flexibility index (Phi) is 2.52. The summed E-state index contributed by atoms with van der Waals surface area (Å²) >= 11 is 0. The predicted molar refractivity (Wildman–Crippen MR) is 50.5 cm³/mol. The van der Waals surface area contributed by atoms with Crippen molar-refractivity contribution in [1.82, 2.24) is 10.2 Å². The first-order chi connectivity index (χ1) is 7.17. The summed E-state index contributed by atoms with van der Waals surface area (Å²) in [6.45, 7) is 1.60. The van der Waals surface area contributed by atoms with Crippen LogP contribution in [0.4, 0.5) is 4.79 Å². The van der Waals surface area contributed by atoms with Gasteiger partial charge in [0.15, 0.2) is 5.54 Å². The maximum Gasteiger partial charge on any atom is 0.332 e. The highest BCUT2D eigenvalue weighted by Gasteiger charge is 2.50. The largest absolute Gasteiger partial charge is 0.479 e. The highest BCUT2D eigenvalue weighted by atomic mass is 16.5. The van der Waals surface area contributed by atoms with Crippen molar-refractivity contribution in [3.8, 4) is 0 Å². The molecule has 0 bridgehead atoms. The lowest BCUT2D eigenvalue weighted by molar-refractivity contribution is -0.150. The summed E-state index contributed by atoms with van der Waals surface area (Å²) in [5.41, 5.74) is -1.15. The molecule has 2 aliphatic heterocycles. The number of carboxylic acids is 1. The molecule has 0 aromatic heterocycles. The smallest absolute Gasteiger partial charge is 0.332 e. The van der Waals surface area contributed by atoms with Crippen LogP contribution in [0.15, 0.2) is 0 Å². The molecule has 6 heteroatoms. The number of carboxylic acid groups (broad SMARTS) is 1. The number of rotatable bonds is 2. The number of amides is 2.